The van der Waals surface area contributed by atoms with Gasteiger partial charge in [-0.25, -0.2) is 9.59 Å². The van der Waals surface area contributed by atoms with Crippen molar-refractivity contribution in [3.8, 4) is 0 Å². The predicted molar refractivity (Wildman–Crippen MR) is 141 cm³/mol. The van der Waals surface area contributed by atoms with Crippen molar-refractivity contribution in [3.05, 3.63) is 23.8 Å². The topological polar surface area (TPSA) is 306 Å². The van der Waals surface area contributed by atoms with Gasteiger partial charge in [0.15, 0.2) is 0 Å². The lowest BCUT2D eigenvalue weighted by Crippen LogP contribution is -2.36. The van der Waals surface area contributed by atoms with Crippen molar-refractivity contribution >= 4 is 47.6 Å². The van der Waals surface area contributed by atoms with Gasteiger partial charge in [0.1, 0.15) is 0 Å². The Labute approximate surface area is 239 Å². The Morgan fingerprint density at radius 3 is 1.45 bits per heavy atom. The van der Waals surface area contributed by atoms with Crippen LogP contribution in [0.15, 0.2) is 23.8 Å². The number of carboxylic acids is 6. The van der Waals surface area contributed by atoms with E-state index in [0.29, 0.717) is 0 Å². The summed E-state index contributed by atoms with van der Waals surface area (Å²) in [6.45, 7) is 5.19. The third-order valence-electron chi connectivity index (χ3n) is 4.91. The number of rotatable bonds is 21. The van der Waals surface area contributed by atoms with Gasteiger partial charge in [-0.3, -0.25) is 28.8 Å². The molecule has 2 atom stereocenters. The maximum Gasteiger partial charge on any atom is 0.331 e. The predicted octanol–water partition coefficient (Wildman–Crippen LogP) is -2.20. The molecule has 2 amide bonds. The number of hydrogen-bond acceptors (Lipinski definition) is 10. The summed E-state index contributed by atoms with van der Waals surface area (Å²) in [6, 6.07) is 0. The van der Waals surface area contributed by atoms with Crippen LogP contribution in [-0.4, -0.2) is 118 Å². The minimum Gasteiger partial charge on any atom is -0.481 e. The first-order chi connectivity index (χ1) is 19.5. The highest BCUT2D eigenvalue weighted by Gasteiger charge is 2.21. The molecule has 0 saturated carbocycles. The summed E-state index contributed by atoms with van der Waals surface area (Å²) in [5, 5.41) is 62.0. The minimum absolute atomic E-state index is 0.0402. The third kappa shape index (κ3) is 22.0. The summed E-state index contributed by atoms with van der Waals surface area (Å²) in [5.74, 6) is -10.5. The molecule has 10 N–H and O–H groups in total. The average molecular weight is 605 g/mol. The fourth-order valence-electron chi connectivity index (χ4n) is 2.67. The molecule has 18 heteroatoms. The van der Waals surface area contributed by atoms with Crippen molar-refractivity contribution in [3.63, 3.8) is 0 Å². The van der Waals surface area contributed by atoms with Crippen LogP contribution >= 0.6 is 0 Å². The molecule has 0 aromatic heterocycles. The minimum atomic E-state index is -1.25. The van der Waals surface area contributed by atoms with Gasteiger partial charge in [0.05, 0.1) is 31.1 Å². The molecule has 0 aliphatic rings. The van der Waals surface area contributed by atoms with Gasteiger partial charge in [-0.1, -0.05) is 6.58 Å². The third-order valence-corrected chi connectivity index (χ3v) is 4.91. The summed E-state index contributed by atoms with van der Waals surface area (Å²) in [5.41, 5.74) is -0.333. The van der Waals surface area contributed by atoms with Crippen LogP contribution < -0.4 is 21.3 Å². The van der Waals surface area contributed by atoms with Crippen LogP contribution in [0.4, 0.5) is 0 Å². The van der Waals surface area contributed by atoms with Crippen LogP contribution in [0, 0.1) is 11.8 Å². The summed E-state index contributed by atoms with van der Waals surface area (Å²) in [4.78, 5) is 85.9. The van der Waals surface area contributed by atoms with Crippen molar-refractivity contribution in [1.82, 2.24) is 21.3 Å². The molecule has 0 aliphatic heterocycles. The van der Waals surface area contributed by atoms with Gasteiger partial charge in [0.25, 0.3) is 0 Å². The van der Waals surface area contributed by atoms with Crippen LogP contribution in [0.25, 0.3) is 0 Å². The molecule has 0 aliphatic carbocycles. The van der Waals surface area contributed by atoms with E-state index in [1.165, 1.54) is 6.92 Å². The van der Waals surface area contributed by atoms with Crippen LogP contribution in [-0.2, 0) is 38.4 Å². The average Bonchev–Trinajstić information content (AvgIpc) is 2.86. The molecule has 42 heavy (non-hydrogen) atoms. The molecule has 0 fully saturated rings. The van der Waals surface area contributed by atoms with E-state index in [9.17, 15) is 38.4 Å². The van der Waals surface area contributed by atoms with Gasteiger partial charge >= 0.3 is 35.8 Å². The zero-order chi connectivity index (χ0) is 32.8. The Morgan fingerprint density at radius 1 is 0.667 bits per heavy atom. The number of amides is 2. The molecule has 2 unspecified atom stereocenters. The fraction of sp³-hybridized carbons (Fsp3) is 0.500. The van der Waals surface area contributed by atoms with Crippen molar-refractivity contribution in [2.45, 2.75) is 26.2 Å². The summed E-state index contributed by atoms with van der Waals surface area (Å²) < 4.78 is 0. The van der Waals surface area contributed by atoms with Crippen molar-refractivity contribution in [1.29, 1.82) is 0 Å². The van der Waals surface area contributed by atoms with Crippen LogP contribution in [0.5, 0.6) is 0 Å². The molecule has 18 nitrogen and oxygen atoms in total. The highest BCUT2D eigenvalue weighted by Crippen LogP contribution is 2.02. The van der Waals surface area contributed by atoms with Gasteiger partial charge in [-0.15, -0.1) is 0 Å². The van der Waals surface area contributed by atoms with Gasteiger partial charge in [0.2, 0.25) is 11.8 Å². The lowest BCUT2D eigenvalue weighted by molar-refractivity contribution is -0.148. The summed E-state index contributed by atoms with van der Waals surface area (Å²) in [6.07, 6.45) is -0.374. The van der Waals surface area contributed by atoms with Crippen molar-refractivity contribution < 1.29 is 69.0 Å². The van der Waals surface area contributed by atoms with Gasteiger partial charge < -0.3 is 51.9 Å². The number of carbonyl (C=O) groups excluding carboxylic acids is 2. The lowest BCUT2D eigenvalue weighted by atomic mass is 10.1. The fourth-order valence-corrected chi connectivity index (χ4v) is 2.67. The zero-order valence-corrected chi connectivity index (χ0v) is 22.8. The first-order valence-corrected chi connectivity index (χ1v) is 12.2. The molecular formula is C24H36N4O14. The molecule has 0 heterocycles. The SMILES string of the molecule is C/C(=C\C(=O)NCCNCC(CC(=O)O)C(=O)O)C(=O)O.C=C(CC(=O)NCCNCC(CC(=O)O)C(=O)O)C(=O)O. The van der Waals surface area contributed by atoms with Gasteiger partial charge in [-0.2, -0.15) is 0 Å². The highest BCUT2D eigenvalue weighted by atomic mass is 16.4. The van der Waals surface area contributed by atoms with E-state index in [1.54, 1.807) is 0 Å². The number of carboxylic acid groups (broad SMARTS) is 6. The van der Waals surface area contributed by atoms with Gasteiger partial charge in [0, 0.05) is 56.5 Å². The number of nitrogens with one attached hydrogen (secondary N) is 4. The summed E-state index contributed by atoms with van der Waals surface area (Å²) >= 11 is 0. The van der Waals surface area contributed by atoms with E-state index >= 15 is 0 Å². The van der Waals surface area contributed by atoms with Crippen LogP contribution in [0.2, 0.25) is 0 Å². The van der Waals surface area contributed by atoms with Crippen LogP contribution in [0.3, 0.4) is 0 Å². The molecule has 0 aromatic carbocycles. The molecule has 0 aromatic rings. The normalized spacial score (nSPS) is 12.0. The highest BCUT2D eigenvalue weighted by molar-refractivity contribution is 5.97. The molecule has 0 rings (SSSR count). The Morgan fingerprint density at radius 2 is 1.10 bits per heavy atom. The molecule has 236 valence electrons. The largest absolute Gasteiger partial charge is 0.481 e. The molecule has 0 radical (unpaired) electrons. The van der Waals surface area contributed by atoms with Gasteiger partial charge in [-0.05, 0) is 6.92 Å². The maximum absolute atomic E-state index is 11.3. The van der Waals surface area contributed by atoms with E-state index in [2.05, 4.69) is 27.8 Å². The van der Waals surface area contributed by atoms with E-state index in [0.717, 1.165) is 6.08 Å². The first kappa shape index (κ1) is 39.3. The van der Waals surface area contributed by atoms with E-state index in [4.69, 9.17) is 30.6 Å². The van der Waals surface area contributed by atoms with E-state index in [1.807, 2.05) is 0 Å². The second-order valence-corrected chi connectivity index (χ2v) is 8.53. The maximum atomic E-state index is 11.3. The molecule has 0 spiro atoms. The van der Waals surface area contributed by atoms with Crippen molar-refractivity contribution in [2.75, 3.05) is 39.3 Å². The number of carbonyl (C=O) groups is 8. The Hall–Kier alpha value is -4.84. The Kier molecular flexibility index (Phi) is 20.5. The number of aliphatic carboxylic acids is 6. The monoisotopic (exact) mass is 604 g/mol. The molecule has 0 saturated heterocycles. The smallest absolute Gasteiger partial charge is 0.331 e. The quantitative estimate of drug-likeness (QED) is 0.0490. The second kappa shape index (κ2) is 21.9. The van der Waals surface area contributed by atoms with E-state index < -0.39 is 72.3 Å². The standard InChI is InChI=1S/2C12H18N2O7/c2*1-7(11(18)19)4-9(15)14-3-2-13-6-8(12(20)21)5-10(16)17/h4,8,13H,2-3,5-6H2,1H3,(H,14,15)(H,16,17)(H,18,19)(H,20,21);8,13H,1-6H2,(H,14,15)(H,16,17)(H,18,19)(H,20,21)/b7-4+;. The Balaban J connectivity index is 0. The molecular weight excluding hydrogens is 568 g/mol. The van der Waals surface area contributed by atoms with Crippen molar-refractivity contribution in [2.24, 2.45) is 11.8 Å². The Bertz CT molecular complexity index is 1040. The summed E-state index contributed by atoms with van der Waals surface area (Å²) in [7, 11) is 0. The lowest BCUT2D eigenvalue weighted by Gasteiger charge is -2.11. The molecule has 0 bridgehead atoms. The zero-order valence-electron chi connectivity index (χ0n) is 22.8. The number of hydrogen-bond donors (Lipinski definition) is 10. The second-order valence-electron chi connectivity index (χ2n) is 8.53. The van der Waals surface area contributed by atoms with E-state index in [-0.39, 0.29) is 56.8 Å². The first-order valence-electron chi connectivity index (χ1n) is 12.2. The van der Waals surface area contributed by atoms with Crippen LogP contribution in [0.1, 0.15) is 26.2 Å².